The number of carbonyl (C=O) groups excluding carboxylic acids is 2. The number of hydrogen-bond acceptors (Lipinski definition) is 7. The van der Waals surface area contributed by atoms with E-state index in [0.717, 1.165) is 30.0 Å². The summed E-state index contributed by atoms with van der Waals surface area (Å²) >= 11 is 1.19. The van der Waals surface area contributed by atoms with E-state index >= 15 is 0 Å². The molecule has 0 fully saturated rings. The van der Waals surface area contributed by atoms with Crippen LogP contribution in [-0.2, 0) is 22.9 Å². The fourth-order valence-corrected chi connectivity index (χ4v) is 4.61. The van der Waals surface area contributed by atoms with E-state index in [2.05, 4.69) is 20.2 Å². The van der Waals surface area contributed by atoms with Crippen molar-refractivity contribution in [3.05, 3.63) is 68.7 Å². The molecule has 0 saturated heterocycles. The van der Waals surface area contributed by atoms with E-state index in [1.54, 1.807) is 50.6 Å². The minimum atomic E-state index is -4.76. The molecule has 2 heterocycles. The fourth-order valence-electron chi connectivity index (χ4n) is 3.63. The lowest BCUT2D eigenvalue weighted by atomic mass is 9.98. The maximum atomic E-state index is 13.8. The topological polar surface area (TPSA) is 102 Å². The van der Waals surface area contributed by atoms with E-state index in [9.17, 15) is 22.8 Å². The highest BCUT2D eigenvalue weighted by atomic mass is 32.1. The quantitative estimate of drug-likeness (QED) is 0.205. The van der Waals surface area contributed by atoms with Crippen molar-refractivity contribution in [2.75, 3.05) is 5.01 Å². The summed E-state index contributed by atoms with van der Waals surface area (Å²) in [5.74, 6) is -0.993. The summed E-state index contributed by atoms with van der Waals surface area (Å²) < 4.78 is 48.5. The largest absolute Gasteiger partial charge is 0.442 e. The zero-order valence-electron chi connectivity index (χ0n) is 25.6. The van der Waals surface area contributed by atoms with Crippen molar-refractivity contribution in [2.45, 2.75) is 92.0 Å². The highest BCUT2D eigenvalue weighted by molar-refractivity contribution is 7.09. The molecule has 13 heteroatoms. The third kappa shape index (κ3) is 9.31. The Balaban J connectivity index is 2.24. The van der Waals surface area contributed by atoms with Crippen LogP contribution in [0.4, 0.5) is 23.7 Å². The third-order valence-electron chi connectivity index (χ3n) is 5.75. The highest BCUT2D eigenvalue weighted by Gasteiger charge is 2.34. The van der Waals surface area contributed by atoms with E-state index in [-0.39, 0.29) is 15.9 Å². The first-order valence-corrected chi connectivity index (χ1v) is 14.6. The number of anilines is 1. The molecule has 0 atom stereocenters. The number of hydrazone groups is 1. The standard InChI is InChI=1S/C30H37F3N6O3S/c1-9-10-16-38-26(43-25(37-38)28(3,4)5)36-24(40)22-17-20(30(31,32)33)14-15-23(22)39(27(41)42-29(6,7)8)34-18-21-13-11-12-19(2)35-21/h11-15,17-18H,9-10,16H2,1-8H3/b34-18+,36-26?. The second-order valence-corrected chi connectivity index (χ2v) is 12.9. The van der Waals surface area contributed by atoms with Crippen molar-refractivity contribution in [1.29, 1.82) is 0 Å². The number of unbranched alkanes of at least 4 members (excludes halogenated alkanes) is 1. The van der Waals surface area contributed by atoms with Gasteiger partial charge in [0.1, 0.15) is 10.6 Å². The van der Waals surface area contributed by atoms with E-state index in [1.165, 1.54) is 17.6 Å². The van der Waals surface area contributed by atoms with Crippen LogP contribution < -0.4 is 9.81 Å². The average molecular weight is 619 g/mol. The third-order valence-corrected chi connectivity index (χ3v) is 7.12. The van der Waals surface area contributed by atoms with Gasteiger partial charge >= 0.3 is 12.3 Å². The number of rotatable bonds is 7. The van der Waals surface area contributed by atoms with Gasteiger partial charge in [0.2, 0.25) is 4.80 Å². The molecule has 43 heavy (non-hydrogen) atoms. The Hall–Kier alpha value is -3.87. The zero-order chi connectivity index (χ0) is 32.2. The Labute approximate surface area is 253 Å². The lowest BCUT2D eigenvalue weighted by molar-refractivity contribution is -0.137. The summed E-state index contributed by atoms with van der Waals surface area (Å²) in [6.07, 6.45) is -2.88. The number of aryl methyl sites for hydroxylation is 2. The molecular weight excluding hydrogens is 581 g/mol. The number of halogens is 3. The predicted molar refractivity (Wildman–Crippen MR) is 160 cm³/mol. The van der Waals surface area contributed by atoms with Crippen LogP contribution in [0.5, 0.6) is 0 Å². The molecule has 3 rings (SSSR count). The van der Waals surface area contributed by atoms with Gasteiger partial charge in [-0.1, -0.05) is 51.5 Å². The number of ether oxygens (including phenoxy) is 1. The van der Waals surface area contributed by atoms with E-state index in [0.29, 0.717) is 29.0 Å². The molecule has 0 unspecified atom stereocenters. The molecule has 0 spiro atoms. The van der Waals surface area contributed by atoms with Crippen LogP contribution in [0.1, 0.15) is 93.6 Å². The summed E-state index contributed by atoms with van der Waals surface area (Å²) in [5, 5.41) is 10.3. The van der Waals surface area contributed by atoms with Crippen LogP contribution in [0, 0.1) is 6.92 Å². The molecule has 0 saturated carbocycles. The molecule has 0 aliphatic heterocycles. The summed E-state index contributed by atoms with van der Waals surface area (Å²) in [6.45, 7) is 15.0. The van der Waals surface area contributed by atoms with Crippen LogP contribution in [-0.4, -0.2) is 38.6 Å². The minimum Gasteiger partial charge on any atom is -0.442 e. The van der Waals surface area contributed by atoms with Gasteiger partial charge in [0, 0.05) is 17.7 Å². The van der Waals surface area contributed by atoms with Crippen LogP contribution in [0.2, 0.25) is 0 Å². The maximum Gasteiger partial charge on any atom is 0.435 e. The van der Waals surface area contributed by atoms with Gasteiger partial charge in [-0.05, 0) is 64.4 Å². The summed E-state index contributed by atoms with van der Waals surface area (Å²) in [4.78, 5) is 35.8. The van der Waals surface area contributed by atoms with Gasteiger partial charge < -0.3 is 4.74 Å². The lowest BCUT2D eigenvalue weighted by Gasteiger charge is -2.25. The second-order valence-electron chi connectivity index (χ2n) is 11.9. The number of pyridine rings is 1. The van der Waals surface area contributed by atoms with E-state index < -0.39 is 34.9 Å². The van der Waals surface area contributed by atoms with Crippen molar-refractivity contribution in [3.8, 4) is 0 Å². The number of benzene rings is 1. The van der Waals surface area contributed by atoms with Gasteiger partial charge in [0.25, 0.3) is 5.91 Å². The van der Waals surface area contributed by atoms with Gasteiger partial charge in [0.05, 0.1) is 28.7 Å². The summed E-state index contributed by atoms with van der Waals surface area (Å²) in [7, 11) is 0. The highest BCUT2D eigenvalue weighted by Crippen LogP contribution is 2.34. The van der Waals surface area contributed by atoms with Crippen molar-refractivity contribution in [1.82, 2.24) is 14.8 Å². The molecule has 0 aliphatic carbocycles. The molecule has 3 aromatic rings. The SMILES string of the molecule is CCCCn1nc(C(C)(C)C)sc1=NC(=O)c1cc(C(F)(F)F)ccc1N(/N=C/c1cccc(C)n1)C(=O)OC(C)(C)C. The molecule has 0 radical (unpaired) electrons. The van der Waals surface area contributed by atoms with E-state index in [4.69, 9.17) is 4.74 Å². The molecule has 9 nitrogen and oxygen atoms in total. The Kier molecular flexibility index (Phi) is 10.3. The predicted octanol–water partition coefficient (Wildman–Crippen LogP) is 7.28. The molecule has 2 amide bonds. The van der Waals surface area contributed by atoms with Gasteiger partial charge in [-0.25, -0.2) is 9.48 Å². The Bertz CT molecular complexity index is 1560. The summed E-state index contributed by atoms with van der Waals surface area (Å²) in [5.41, 5.74) is -2.04. The van der Waals surface area contributed by atoms with Gasteiger partial charge in [0.15, 0.2) is 0 Å². The van der Waals surface area contributed by atoms with Crippen LogP contribution in [0.15, 0.2) is 46.5 Å². The lowest BCUT2D eigenvalue weighted by Crippen LogP contribution is -2.34. The molecule has 2 aromatic heterocycles. The monoisotopic (exact) mass is 618 g/mol. The molecule has 0 aliphatic rings. The molecular formula is C30H37F3N6O3S. The van der Waals surface area contributed by atoms with E-state index in [1.807, 2.05) is 27.7 Å². The first-order chi connectivity index (χ1) is 19.9. The van der Waals surface area contributed by atoms with Crippen molar-refractivity contribution < 1.29 is 27.5 Å². The number of aromatic nitrogens is 3. The van der Waals surface area contributed by atoms with Gasteiger partial charge in [-0.15, -0.1) is 0 Å². The molecule has 0 N–H and O–H groups in total. The van der Waals surface area contributed by atoms with Crippen LogP contribution in [0.3, 0.4) is 0 Å². The van der Waals surface area contributed by atoms with Crippen LogP contribution in [0.25, 0.3) is 0 Å². The second kappa shape index (κ2) is 13.2. The van der Waals surface area contributed by atoms with Gasteiger partial charge in [-0.3, -0.25) is 9.78 Å². The van der Waals surface area contributed by atoms with Gasteiger partial charge in [-0.2, -0.15) is 33.4 Å². The van der Waals surface area contributed by atoms with Crippen molar-refractivity contribution >= 4 is 35.2 Å². The van der Waals surface area contributed by atoms with Crippen molar-refractivity contribution in [2.24, 2.45) is 10.1 Å². The maximum absolute atomic E-state index is 13.8. The Morgan fingerprint density at radius 3 is 2.37 bits per heavy atom. The normalized spacial score (nSPS) is 13.0. The summed E-state index contributed by atoms with van der Waals surface area (Å²) in [6, 6.07) is 7.60. The molecule has 232 valence electrons. The zero-order valence-corrected chi connectivity index (χ0v) is 26.4. The minimum absolute atomic E-state index is 0.236. The number of hydrogen-bond donors (Lipinski definition) is 0. The first kappa shape index (κ1) is 33.6. The number of alkyl halides is 3. The average Bonchev–Trinajstić information content (AvgIpc) is 3.29. The Morgan fingerprint density at radius 1 is 1.09 bits per heavy atom. The van der Waals surface area contributed by atoms with Crippen molar-refractivity contribution in [3.63, 3.8) is 0 Å². The molecule has 0 bridgehead atoms. The first-order valence-electron chi connectivity index (χ1n) is 13.8. The fraction of sp³-hybridized carbons (Fsp3) is 0.467. The molecule has 1 aromatic carbocycles. The number of carbonyl (C=O) groups is 2. The van der Waals surface area contributed by atoms with Crippen LogP contribution >= 0.6 is 11.3 Å². The Morgan fingerprint density at radius 2 is 1.79 bits per heavy atom. The smallest absolute Gasteiger partial charge is 0.435 e. The number of nitrogens with zero attached hydrogens (tertiary/aromatic N) is 6. The number of amides is 2.